The normalized spacial score (nSPS) is 28.2. The number of anilines is 1. The van der Waals surface area contributed by atoms with Crippen LogP contribution in [-0.4, -0.2) is 32.8 Å². The van der Waals surface area contributed by atoms with E-state index < -0.39 is 0 Å². The predicted octanol–water partition coefficient (Wildman–Crippen LogP) is 2.00. The lowest BCUT2D eigenvalue weighted by atomic mass is 9.92. The maximum atomic E-state index is 9.37. The van der Waals surface area contributed by atoms with E-state index in [4.69, 9.17) is 4.74 Å². The number of nitrogens with zero attached hydrogens (tertiary/aromatic N) is 2. The van der Waals surface area contributed by atoms with E-state index in [0.717, 1.165) is 43.1 Å². The molecule has 3 unspecified atom stereocenters. The minimum absolute atomic E-state index is 0.522. The lowest BCUT2D eigenvalue weighted by molar-refractivity contribution is 0.414. The summed E-state index contributed by atoms with van der Waals surface area (Å²) in [5.74, 6) is 2.24. The molecule has 0 spiro atoms. The highest BCUT2D eigenvalue weighted by atomic mass is 16.5. The Labute approximate surface area is 120 Å². The first-order valence-electron chi connectivity index (χ1n) is 7.34. The van der Waals surface area contributed by atoms with Crippen molar-refractivity contribution >= 4 is 5.69 Å². The molecule has 3 atom stereocenters. The SMILES string of the molecule is CCC1C2CNCC2CN1c1cc(OC)ccc1C#N. The third-order valence-corrected chi connectivity index (χ3v) is 4.77. The maximum absolute atomic E-state index is 9.37. The molecule has 0 radical (unpaired) electrons. The number of nitrogens with one attached hydrogen (secondary N) is 1. The monoisotopic (exact) mass is 271 g/mol. The Morgan fingerprint density at radius 1 is 1.45 bits per heavy atom. The summed E-state index contributed by atoms with van der Waals surface area (Å²) >= 11 is 0. The lowest BCUT2D eigenvalue weighted by Crippen LogP contribution is -2.35. The summed E-state index contributed by atoms with van der Waals surface area (Å²) in [5.41, 5.74) is 1.78. The fourth-order valence-electron chi connectivity index (χ4n) is 3.79. The molecule has 1 N–H and O–H groups in total. The van der Waals surface area contributed by atoms with Gasteiger partial charge in [0.1, 0.15) is 11.8 Å². The van der Waals surface area contributed by atoms with Crippen LogP contribution in [0.4, 0.5) is 5.69 Å². The van der Waals surface area contributed by atoms with Gasteiger partial charge in [0.25, 0.3) is 0 Å². The van der Waals surface area contributed by atoms with Gasteiger partial charge in [-0.05, 0) is 30.4 Å². The predicted molar refractivity (Wildman–Crippen MR) is 79.0 cm³/mol. The van der Waals surface area contributed by atoms with Crippen LogP contribution in [0, 0.1) is 23.2 Å². The summed E-state index contributed by atoms with van der Waals surface area (Å²) in [6.45, 7) is 5.48. The van der Waals surface area contributed by atoms with Crippen molar-refractivity contribution in [3.8, 4) is 11.8 Å². The molecule has 0 bridgehead atoms. The van der Waals surface area contributed by atoms with Crippen LogP contribution in [0.1, 0.15) is 18.9 Å². The second-order valence-corrected chi connectivity index (χ2v) is 5.71. The Hall–Kier alpha value is -1.73. The van der Waals surface area contributed by atoms with Gasteiger partial charge in [-0.15, -0.1) is 0 Å². The van der Waals surface area contributed by atoms with Gasteiger partial charge < -0.3 is 15.0 Å². The molecule has 2 aliphatic heterocycles. The van der Waals surface area contributed by atoms with E-state index >= 15 is 0 Å². The van der Waals surface area contributed by atoms with Crippen LogP contribution < -0.4 is 15.0 Å². The summed E-state index contributed by atoms with van der Waals surface area (Å²) in [6.07, 6.45) is 1.12. The number of benzene rings is 1. The van der Waals surface area contributed by atoms with Gasteiger partial charge in [-0.1, -0.05) is 6.92 Å². The number of fused-ring (bicyclic) bond motifs is 1. The molecule has 2 fully saturated rings. The topological polar surface area (TPSA) is 48.3 Å². The summed E-state index contributed by atoms with van der Waals surface area (Å²) < 4.78 is 5.33. The third-order valence-electron chi connectivity index (χ3n) is 4.77. The number of hydrogen-bond donors (Lipinski definition) is 1. The molecule has 3 rings (SSSR count). The molecule has 1 aromatic rings. The number of rotatable bonds is 3. The Balaban J connectivity index is 1.98. The van der Waals surface area contributed by atoms with Crippen molar-refractivity contribution in [3.63, 3.8) is 0 Å². The number of methoxy groups -OCH3 is 1. The standard InChI is InChI=1S/C16H21N3O/c1-3-15-14-9-18-8-12(14)10-19(15)16-6-13(20-2)5-4-11(16)7-17/h4-6,12,14-15,18H,3,8-10H2,1-2H3. The molecule has 4 nitrogen and oxygen atoms in total. The van der Waals surface area contributed by atoms with Gasteiger partial charge in [-0.2, -0.15) is 5.26 Å². The van der Waals surface area contributed by atoms with Crippen molar-refractivity contribution in [1.29, 1.82) is 5.26 Å². The van der Waals surface area contributed by atoms with E-state index in [1.807, 2.05) is 18.2 Å². The van der Waals surface area contributed by atoms with E-state index in [0.29, 0.717) is 17.9 Å². The van der Waals surface area contributed by atoms with E-state index in [9.17, 15) is 5.26 Å². The molecule has 20 heavy (non-hydrogen) atoms. The first-order chi connectivity index (χ1) is 9.78. The smallest absolute Gasteiger partial charge is 0.121 e. The minimum Gasteiger partial charge on any atom is -0.497 e. The van der Waals surface area contributed by atoms with Gasteiger partial charge >= 0.3 is 0 Å². The molecule has 106 valence electrons. The van der Waals surface area contributed by atoms with Crippen LogP contribution in [-0.2, 0) is 0 Å². The van der Waals surface area contributed by atoms with Gasteiger partial charge in [0.05, 0.1) is 18.4 Å². The summed E-state index contributed by atoms with van der Waals surface area (Å²) in [4.78, 5) is 2.43. The number of hydrogen-bond acceptors (Lipinski definition) is 4. The molecule has 1 aromatic carbocycles. The number of nitriles is 1. The molecular weight excluding hydrogens is 250 g/mol. The van der Waals surface area contributed by atoms with Gasteiger partial charge in [0.15, 0.2) is 0 Å². The van der Waals surface area contributed by atoms with Crippen molar-refractivity contribution in [2.45, 2.75) is 19.4 Å². The lowest BCUT2D eigenvalue weighted by Gasteiger charge is -2.30. The van der Waals surface area contributed by atoms with Crippen LogP contribution >= 0.6 is 0 Å². The van der Waals surface area contributed by atoms with Crippen LogP contribution in [0.25, 0.3) is 0 Å². The zero-order valence-electron chi connectivity index (χ0n) is 12.1. The fourth-order valence-corrected chi connectivity index (χ4v) is 3.79. The highest BCUT2D eigenvalue weighted by Gasteiger charge is 2.43. The van der Waals surface area contributed by atoms with Gasteiger partial charge in [-0.25, -0.2) is 0 Å². The zero-order chi connectivity index (χ0) is 14.1. The summed E-state index contributed by atoms with van der Waals surface area (Å²) in [7, 11) is 1.67. The molecule has 4 heteroatoms. The van der Waals surface area contributed by atoms with Crippen LogP contribution in [0.15, 0.2) is 18.2 Å². The van der Waals surface area contributed by atoms with Crippen molar-refractivity contribution in [2.75, 3.05) is 31.6 Å². The minimum atomic E-state index is 0.522. The van der Waals surface area contributed by atoms with Crippen molar-refractivity contribution in [2.24, 2.45) is 11.8 Å². The molecule has 0 aromatic heterocycles. The molecular formula is C16H21N3O. The summed E-state index contributed by atoms with van der Waals surface area (Å²) in [5, 5.41) is 12.9. The molecule has 2 saturated heterocycles. The average molecular weight is 271 g/mol. The maximum Gasteiger partial charge on any atom is 0.121 e. The van der Waals surface area contributed by atoms with E-state index in [1.165, 1.54) is 0 Å². The molecule has 0 saturated carbocycles. The van der Waals surface area contributed by atoms with Crippen LogP contribution in [0.5, 0.6) is 5.75 Å². The quantitative estimate of drug-likeness (QED) is 0.913. The Morgan fingerprint density at radius 2 is 2.30 bits per heavy atom. The second-order valence-electron chi connectivity index (χ2n) is 5.71. The Kier molecular flexibility index (Phi) is 3.54. The first kappa shape index (κ1) is 13.3. The molecule has 0 amide bonds. The highest BCUT2D eigenvalue weighted by molar-refractivity contribution is 5.63. The van der Waals surface area contributed by atoms with Gasteiger partial charge in [0.2, 0.25) is 0 Å². The molecule has 2 aliphatic rings. The number of ether oxygens (including phenoxy) is 1. The summed E-state index contributed by atoms with van der Waals surface area (Å²) in [6, 6.07) is 8.58. The van der Waals surface area contributed by atoms with Crippen molar-refractivity contribution in [3.05, 3.63) is 23.8 Å². The second kappa shape index (κ2) is 5.34. The average Bonchev–Trinajstić information content (AvgIpc) is 3.06. The van der Waals surface area contributed by atoms with Gasteiger partial charge in [0, 0.05) is 31.7 Å². The van der Waals surface area contributed by atoms with E-state index in [2.05, 4.69) is 23.2 Å². The van der Waals surface area contributed by atoms with Crippen LogP contribution in [0.2, 0.25) is 0 Å². The largest absolute Gasteiger partial charge is 0.497 e. The molecule has 2 heterocycles. The highest BCUT2D eigenvalue weighted by Crippen LogP contribution is 2.39. The van der Waals surface area contributed by atoms with E-state index in [1.54, 1.807) is 7.11 Å². The Bertz CT molecular complexity index is 537. The first-order valence-corrected chi connectivity index (χ1v) is 7.34. The Morgan fingerprint density at radius 3 is 3.00 bits per heavy atom. The molecule has 0 aliphatic carbocycles. The third kappa shape index (κ3) is 2.03. The van der Waals surface area contributed by atoms with E-state index in [-0.39, 0.29) is 0 Å². The van der Waals surface area contributed by atoms with Crippen molar-refractivity contribution < 1.29 is 4.74 Å². The van der Waals surface area contributed by atoms with Crippen molar-refractivity contribution in [1.82, 2.24) is 5.32 Å². The van der Waals surface area contributed by atoms with Gasteiger partial charge in [-0.3, -0.25) is 0 Å². The fraction of sp³-hybridized carbons (Fsp3) is 0.562. The zero-order valence-corrected chi connectivity index (χ0v) is 12.1. The van der Waals surface area contributed by atoms with Crippen LogP contribution in [0.3, 0.4) is 0 Å².